The van der Waals surface area contributed by atoms with Gasteiger partial charge in [-0.25, -0.2) is 4.98 Å². The van der Waals surface area contributed by atoms with Crippen LogP contribution in [0.2, 0.25) is 0 Å². The molecule has 110 valence electrons. The molecule has 2 N–H and O–H groups in total. The molecule has 1 aromatic carbocycles. The molecule has 0 unspecified atom stereocenters. The molecule has 0 aliphatic carbocycles. The molecule has 2 aromatic rings. The normalized spacial score (nSPS) is 10.1. The third kappa shape index (κ3) is 3.51. The summed E-state index contributed by atoms with van der Waals surface area (Å²) in [5.74, 6) is 1.10. The second kappa shape index (κ2) is 6.26. The number of amides is 1. The minimum absolute atomic E-state index is 0.194. The summed E-state index contributed by atoms with van der Waals surface area (Å²) < 4.78 is 5.27. The summed E-state index contributed by atoms with van der Waals surface area (Å²) in [4.78, 5) is 16.7. The van der Waals surface area contributed by atoms with Gasteiger partial charge in [0.05, 0.1) is 12.8 Å². The summed E-state index contributed by atoms with van der Waals surface area (Å²) in [6.07, 6.45) is 0. The lowest BCUT2D eigenvalue weighted by Crippen LogP contribution is -2.14. The fraction of sp³-hybridized carbons (Fsp3) is 0.250. The molecular formula is C16H19N3O2. The summed E-state index contributed by atoms with van der Waals surface area (Å²) >= 11 is 0. The monoisotopic (exact) mass is 285 g/mol. The van der Waals surface area contributed by atoms with Crippen LogP contribution in [0.4, 0.5) is 11.5 Å². The first kappa shape index (κ1) is 14.8. The number of aryl methyl sites for hydroxylation is 2. The lowest BCUT2D eigenvalue weighted by atomic mass is 10.1. The molecule has 0 saturated heterocycles. The minimum atomic E-state index is -0.194. The fourth-order valence-electron chi connectivity index (χ4n) is 2.04. The highest BCUT2D eigenvalue weighted by Gasteiger charge is 2.11. The summed E-state index contributed by atoms with van der Waals surface area (Å²) in [5.41, 5.74) is 3.04. The van der Waals surface area contributed by atoms with Crippen LogP contribution >= 0.6 is 0 Å². The van der Waals surface area contributed by atoms with Crippen molar-refractivity contribution in [1.29, 1.82) is 0 Å². The number of rotatable bonds is 4. The summed E-state index contributed by atoms with van der Waals surface area (Å²) in [5, 5.41) is 5.82. The third-order valence-corrected chi connectivity index (χ3v) is 3.07. The second-order valence-corrected chi connectivity index (χ2v) is 4.79. The SMILES string of the molecule is CNc1cc(C(=O)Nc2cc(C)ccc2OC)cc(C)n1. The van der Waals surface area contributed by atoms with Crippen molar-refractivity contribution < 1.29 is 9.53 Å². The van der Waals surface area contributed by atoms with Gasteiger partial charge in [0.1, 0.15) is 11.6 Å². The molecule has 0 spiro atoms. The molecule has 1 amide bonds. The van der Waals surface area contributed by atoms with Crippen LogP contribution in [0.1, 0.15) is 21.6 Å². The summed E-state index contributed by atoms with van der Waals surface area (Å²) in [6.45, 7) is 3.82. The number of aromatic nitrogens is 1. The van der Waals surface area contributed by atoms with Crippen LogP contribution in [-0.2, 0) is 0 Å². The molecule has 0 aliphatic rings. The Bertz CT molecular complexity index is 669. The van der Waals surface area contributed by atoms with E-state index in [1.807, 2.05) is 32.0 Å². The Morgan fingerprint density at radius 2 is 1.95 bits per heavy atom. The van der Waals surface area contributed by atoms with E-state index in [4.69, 9.17) is 4.74 Å². The van der Waals surface area contributed by atoms with E-state index in [2.05, 4.69) is 15.6 Å². The maximum atomic E-state index is 12.4. The third-order valence-electron chi connectivity index (χ3n) is 3.07. The zero-order valence-electron chi connectivity index (χ0n) is 12.7. The highest BCUT2D eigenvalue weighted by Crippen LogP contribution is 2.26. The van der Waals surface area contributed by atoms with Gasteiger partial charge in [0, 0.05) is 18.3 Å². The van der Waals surface area contributed by atoms with Crippen molar-refractivity contribution in [2.75, 3.05) is 24.8 Å². The van der Waals surface area contributed by atoms with Crippen LogP contribution in [0.3, 0.4) is 0 Å². The summed E-state index contributed by atoms with van der Waals surface area (Å²) in [6, 6.07) is 9.11. The van der Waals surface area contributed by atoms with Gasteiger partial charge in [-0.15, -0.1) is 0 Å². The molecule has 0 bridgehead atoms. The maximum Gasteiger partial charge on any atom is 0.255 e. The van der Waals surface area contributed by atoms with E-state index in [-0.39, 0.29) is 5.91 Å². The molecule has 0 radical (unpaired) electrons. The van der Waals surface area contributed by atoms with E-state index in [1.54, 1.807) is 26.3 Å². The topological polar surface area (TPSA) is 63.2 Å². The van der Waals surface area contributed by atoms with E-state index in [9.17, 15) is 4.79 Å². The lowest BCUT2D eigenvalue weighted by molar-refractivity contribution is 0.102. The maximum absolute atomic E-state index is 12.4. The van der Waals surface area contributed by atoms with Gasteiger partial charge < -0.3 is 15.4 Å². The van der Waals surface area contributed by atoms with Crippen LogP contribution in [0.15, 0.2) is 30.3 Å². The average Bonchev–Trinajstić information content (AvgIpc) is 2.46. The van der Waals surface area contributed by atoms with Crippen LogP contribution < -0.4 is 15.4 Å². The van der Waals surface area contributed by atoms with Gasteiger partial charge in [0.15, 0.2) is 0 Å². The Hall–Kier alpha value is -2.56. The number of carbonyl (C=O) groups excluding carboxylic acids is 1. The van der Waals surface area contributed by atoms with Gasteiger partial charge in [0.25, 0.3) is 5.91 Å². The van der Waals surface area contributed by atoms with E-state index < -0.39 is 0 Å². The summed E-state index contributed by atoms with van der Waals surface area (Å²) in [7, 11) is 3.35. The molecule has 0 saturated carbocycles. The number of nitrogens with one attached hydrogen (secondary N) is 2. The zero-order valence-corrected chi connectivity index (χ0v) is 12.7. The van der Waals surface area contributed by atoms with Gasteiger partial charge in [0.2, 0.25) is 0 Å². The van der Waals surface area contributed by atoms with Crippen molar-refractivity contribution in [1.82, 2.24) is 4.98 Å². The molecule has 1 aromatic heterocycles. The molecule has 0 fully saturated rings. The lowest BCUT2D eigenvalue weighted by Gasteiger charge is -2.12. The van der Waals surface area contributed by atoms with Crippen molar-refractivity contribution in [3.63, 3.8) is 0 Å². The molecule has 21 heavy (non-hydrogen) atoms. The Morgan fingerprint density at radius 3 is 2.62 bits per heavy atom. The van der Waals surface area contributed by atoms with Gasteiger partial charge in [-0.3, -0.25) is 4.79 Å². The molecule has 1 heterocycles. The first-order chi connectivity index (χ1) is 10.0. The number of hydrogen-bond donors (Lipinski definition) is 2. The van der Waals surface area contributed by atoms with Crippen molar-refractivity contribution >= 4 is 17.4 Å². The number of ether oxygens (including phenoxy) is 1. The smallest absolute Gasteiger partial charge is 0.255 e. The van der Waals surface area contributed by atoms with Crippen LogP contribution in [0.5, 0.6) is 5.75 Å². The Kier molecular flexibility index (Phi) is 4.42. The van der Waals surface area contributed by atoms with Gasteiger partial charge in [-0.2, -0.15) is 0 Å². The molecular weight excluding hydrogens is 266 g/mol. The number of carbonyl (C=O) groups is 1. The van der Waals surface area contributed by atoms with E-state index in [0.29, 0.717) is 22.8 Å². The minimum Gasteiger partial charge on any atom is -0.495 e. The van der Waals surface area contributed by atoms with Crippen LogP contribution in [-0.4, -0.2) is 25.0 Å². The highest BCUT2D eigenvalue weighted by molar-refractivity contribution is 6.05. The average molecular weight is 285 g/mol. The van der Waals surface area contributed by atoms with E-state index in [0.717, 1.165) is 11.3 Å². The number of nitrogens with zero attached hydrogens (tertiary/aromatic N) is 1. The first-order valence-corrected chi connectivity index (χ1v) is 6.66. The molecule has 0 aliphatic heterocycles. The van der Waals surface area contributed by atoms with Crippen molar-refractivity contribution in [3.05, 3.63) is 47.2 Å². The van der Waals surface area contributed by atoms with Crippen LogP contribution in [0, 0.1) is 13.8 Å². The second-order valence-electron chi connectivity index (χ2n) is 4.79. The molecule has 5 nitrogen and oxygen atoms in total. The number of hydrogen-bond acceptors (Lipinski definition) is 4. The highest BCUT2D eigenvalue weighted by atomic mass is 16.5. The number of pyridine rings is 1. The van der Waals surface area contributed by atoms with Gasteiger partial charge in [-0.05, 0) is 43.7 Å². The molecule has 0 atom stereocenters. The molecule has 2 rings (SSSR count). The van der Waals surface area contributed by atoms with E-state index in [1.165, 1.54) is 0 Å². The van der Waals surface area contributed by atoms with Crippen molar-refractivity contribution in [2.24, 2.45) is 0 Å². The zero-order chi connectivity index (χ0) is 15.4. The van der Waals surface area contributed by atoms with Crippen LogP contribution in [0.25, 0.3) is 0 Å². The quantitative estimate of drug-likeness (QED) is 0.906. The number of benzene rings is 1. The largest absolute Gasteiger partial charge is 0.495 e. The van der Waals surface area contributed by atoms with E-state index >= 15 is 0 Å². The Balaban J connectivity index is 2.30. The fourth-order valence-corrected chi connectivity index (χ4v) is 2.04. The van der Waals surface area contributed by atoms with Gasteiger partial charge >= 0.3 is 0 Å². The molecule has 5 heteroatoms. The van der Waals surface area contributed by atoms with Gasteiger partial charge in [-0.1, -0.05) is 6.07 Å². The predicted octanol–water partition coefficient (Wildman–Crippen LogP) is 3.00. The number of anilines is 2. The van der Waals surface area contributed by atoms with Crippen molar-refractivity contribution in [2.45, 2.75) is 13.8 Å². The Morgan fingerprint density at radius 1 is 1.19 bits per heavy atom. The predicted molar refractivity (Wildman–Crippen MR) is 84.2 cm³/mol. The first-order valence-electron chi connectivity index (χ1n) is 6.66. The number of methoxy groups -OCH3 is 1. The standard InChI is InChI=1S/C16H19N3O2/c1-10-5-6-14(21-4)13(7-10)19-16(20)12-8-11(2)18-15(9-12)17-3/h5-9H,1-4H3,(H,17,18)(H,19,20). The van der Waals surface area contributed by atoms with Crippen molar-refractivity contribution in [3.8, 4) is 5.75 Å². The Labute approximate surface area is 124 Å².